The fourth-order valence-corrected chi connectivity index (χ4v) is 3.46. The lowest BCUT2D eigenvalue weighted by atomic mass is 9.79. The van der Waals surface area contributed by atoms with Gasteiger partial charge in [0.05, 0.1) is 16.4 Å². The lowest BCUT2D eigenvalue weighted by Gasteiger charge is -2.37. The molecule has 1 aliphatic heterocycles. The molecule has 2 heterocycles. The van der Waals surface area contributed by atoms with E-state index in [1.807, 2.05) is 0 Å². The van der Waals surface area contributed by atoms with Crippen molar-refractivity contribution in [1.29, 1.82) is 0 Å². The summed E-state index contributed by atoms with van der Waals surface area (Å²) in [6, 6.07) is 3.42. The van der Waals surface area contributed by atoms with E-state index in [-0.39, 0.29) is 17.1 Å². The van der Waals surface area contributed by atoms with Crippen molar-refractivity contribution in [2.45, 2.75) is 19.8 Å². The molecule has 0 saturated carbocycles. The Labute approximate surface area is 129 Å². The molecule has 1 saturated heterocycles. The number of ketones is 1. The van der Waals surface area contributed by atoms with Gasteiger partial charge in [-0.25, -0.2) is 0 Å². The number of carbonyl (C=O) groups is 2. The SMILES string of the molecule is COCC1(CNC(=O)c2ccc(C(C)=O)s2)CCNCC1. The van der Waals surface area contributed by atoms with Crippen LogP contribution in [-0.4, -0.2) is 45.0 Å². The third kappa shape index (κ3) is 4.12. The molecule has 0 atom stereocenters. The van der Waals surface area contributed by atoms with Crippen molar-refractivity contribution in [3.8, 4) is 0 Å². The Morgan fingerprint density at radius 1 is 1.33 bits per heavy atom. The minimum atomic E-state index is -0.110. The molecular formula is C15H22N2O3S. The molecule has 0 aliphatic carbocycles. The summed E-state index contributed by atoms with van der Waals surface area (Å²) in [6.45, 7) is 4.67. The number of amides is 1. The molecule has 1 aromatic heterocycles. The third-order valence-electron chi connectivity index (χ3n) is 3.92. The number of thiophene rings is 1. The minimum absolute atomic E-state index is 0.00624. The van der Waals surface area contributed by atoms with E-state index >= 15 is 0 Å². The summed E-state index contributed by atoms with van der Waals surface area (Å²) in [6.07, 6.45) is 1.98. The van der Waals surface area contributed by atoms with Gasteiger partial charge in [0, 0.05) is 19.1 Å². The Morgan fingerprint density at radius 3 is 2.57 bits per heavy atom. The first kappa shape index (κ1) is 16.1. The summed E-state index contributed by atoms with van der Waals surface area (Å²) in [4.78, 5) is 24.7. The van der Waals surface area contributed by atoms with Crippen LogP contribution in [0.2, 0.25) is 0 Å². The molecule has 0 bridgehead atoms. The van der Waals surface area contributed by atoms with Crippen molar-refractivity contribution in [2.24, 2.45) is 5.41 Å². The average molecular weight is 310 g/mol. The van der Waals surface area contributed by atoms with Gasteiger partial charge in [-0.3, -0.25) is 9.59 Å². The maximum atomic E-state index is 12.2. The molecule has 1 aliphatic rings. The maximum absolute atomic E-state index is 12.2. The maximum Gasteiger partial charge on any atom is 0.261 e. The van der Waals surface area contributed by atoms with Crippen molar-refractivity contribution in [3.05, 3.63) is 21.9 Å². The Morgan fingerprint density at radius 2 is 2.00 bits per heavy atom. The highest BCUT2D eigenvalue weighted by atomic mass is 32.1. The Balaban J connectivity index is 1.96. The molecule has 0 unspecified atom stereocenters. The highest BCUT2D eigenvalue weighted by Gasteiger charge is 2.32. The van der Waals surface area contributed by atoms with Crippen molar-refractivity contribution in [1.82, 2.24) is 10.6 Å². The molecule has 21 heavy (non-hydrogen) atoms. The molecular weight excluding hydrogens is 288 g/mol. The molecule has 0 spiro atoms. The Bertz CT molecular complexity index is 501. The molecule has 0 radical (unpaired) electrons. The van der Waals surface area contributed by atoms with Crippen LogP contribution >= 0.6 is 11.3 Å². The van der Waals surface area contributed by atoms with Crippen LogP contribution in [0.4, 0.5) is 0 Å². The molecule has 116 valence electrons. The van der Waals surface area contributed by atoms with Crippen LogP contribution in [0, 0.1) is 5.41 Å². The van der Waals surface area contributed by atoms with Crippen molar-refractivity contribution >= 4 is 23.0 Å². The first-order chi connectivity index (χ1) is 10.1. The largest absolute Gasteiger partial charge is 0.384 e. The highest BCUT2D eigenvalue weighted by molar-refractivity contribution is 7.15. The monoisotopic (exact) mass is 310 g/mol. The van der Waals surface area contributed by atoms with E-state index in [1.165, 1.54) is 18.3 Å². The van der Waals surface area contributed by atoms with Gasteiger partial charge in [-0.2, -0.15) is 0 Å². The van der Waals surface area contributed by atoms with Crippen LogP contribution in [0.25, 0.3) is 0 Å². The molecule has 1 fully saturated rings. The van der Waals surface area contributed by atoms with Crippen molar-refractivity contribution in [2.75, 3.05) is 33.4 Å². The second-order valence-corrected chi connectivity index (χ2v) is 6.67. The van der Waals surface area contributed by atoms with Crippen LogP contribution in [0.15, 0.2) is 12.1 Å². The smallest absolute Gasteiger partial charge is 0.261 e. The standard InChI is InChI=1S/C15H22N2O3S/c1-11(18)12-3-4-13(21-12)14(19)17-9-15(10-20-2)5-7-16-8-6-15/h3-4,16H,5-10H2,1-2H3,(H,17,19). The Hall–Kier alpha value is -1.24. The molecule has 5 nitrogen and oxygen atoms in total. The number of hydrogen-bond acceptors (Lipinski definition) is 5. The number of nitrogens with one attached hydrogen (secondary N) is 2. The number of ether oxygens (including phenoxy) is 1. The normalized spacial score (nSPS) is 17.4. The van der Waals surface area contributed by atoms with E-state index in [0.29, 0.717) is 22.9 Å². The summed E-state index contributed by atoms with van der Waals surface area (Å²) in [7, 11) is 1.70. The number of methoxy groups -OCH3 is 1. The third-order valence-corrected chi connectivity index (χ3v) is 5.10. The average Bonchev–Trinajstić information content (AvgIpc) is 2.96. The van der Waals surface area contributed by atoms with E-state index in [0.717, 1.165) is 25.9 Å². The fourth-order valence-electron chi connectivity index (χ4n) is 2.64. The number of carbonyl (C=O) groups excluding carboxylic acids is 2. The van der Waals surface area contributed by atoms with E-state index in [2.05, 4.69) is 10.6 Å². The fraction of sp³-hybridized carbons (Fsp3) is 0.600. The minimum Gasteiger partial charge on any atom is -0.384 e. The van der Waals surface area contributed by atoms with Gasteiger partial charge >= 0.3 is 0 Å². The predicted molar refractivity (Wildman–Crippen MR) is 83.1 cm³/mol. The summed E-state index contributed by atoms with van der Waals surface area (Å²) in [5.74, 6) is -0.116. The predicted octanol–water partition coefficient (Wildman–Crippen LogP) is 1.70. The summed E-state index contributed by atoms with van der Waals surface area (Å²) < 4.78 is 5.34. The van der Waals surface area contributed by atoms with Crippen LogP contribution < -0.4 is 10.6 Å². The zero-order valence-electron chi connectivity index (χ0n) is 12.5. The van der Waals surface area contributed by atoms with Gasteiger partial charge in [-0.05, 0) is 45.0 Å². The lowest BCUT2D eigenvalue weighted by Crippen LogP contribution is -2.47. The zero-order chi connectivity index (χ0) is 15.3. The van der Waals surface area contributed by atoms with Gasteiger partial charge < -0.3 is 15.4 Å². The van der Waals surface area contributed by atoms with Gasteiger partial charge in [-0.15, -0.1) is 11.3 Å². The number of rotatable bonds is 6. The van der Waals surface area contributed by atoms with Gasteiger partial charge in [0.2, 0.25) is 0 Å². The van der Waals surface area contributed by atoms with Crippen LogP contribution in [0.1, 0.15) is 39.1 Å². The molecule has 1 amide bonds. The van der Waals surface area contributed by atoms with Crippen LogP contribution in [0.3, 0.4) is 0 Å². The van der Waals surface area contributed by atoms with Gasteiger partial charge in [-0.1, -0.05) is 0 Å². The second kappa shape index (κ2) is 7.15. The van der Waals surface area contributed by atoms with E-state index in [4.69, 9.17) is 4.74 Å². The summed E-state index contributed by atoms with van der Waals surface area (Å²) >= 11 is 1.24. The van der Waals surface area contributed by atoms with Crippen LogP contribution in [0.5, 0.6) is 0 Å². The number of hydrogen-bond donors (Lipinski definition) is 2. The summed E-state index contributed by atoms with van der Waals surface area (Å²) in [5, 5.41) is 6.33. The number of piperidine rings is 1. The van der Waals surface area contributed by atoms with Gasteiger partial charge in [0.15, 0.2) is 5.78 Å². The lowest BCUT2D eigenvalue weighted by molar-refractivity contribution is 0.0512. The van der Waals surface area contributed by atoms with Gasteiger partial charge in [0.1, 0.15) is 0 Å². The van der Waals surface area contributed by atoms with Crippen LogP contribution in [-0.2, 0) is 4.74 Å². The summed E-state index contributed by atoms with van der Waals surface area (Å²) in [5.41, 5.74) is 0.0102. The number of Topliss-reactive ketones (excluding diaryl/α,β-unsaturated/α-hetero) is 1. The topological polar surface area (TPSA) is 67.4 Å². The second-order valence-electron chi connectivity index (χ2n) is 5.59. The molecule has 1 aromatic rings. The highest BCUT2D eigenvalue weighted by Crippen LogP contribution is 2.28. The first-order valence-electron chi connectivity index (χ1n) is 7.15. The first-order valence-corrected chi connectivity index (χ1v) is 7.97. The molecule has 2 rings (SSSR count). The van der Waals surface area contributed by atoms with Crippen molar-refractivity contribution in [3.63, 3.8) is 0 Å². The van der Waals surface area contributed by atoms with Crippen molar-refractivity contribution < 1.29 is 14.3 Å². The van der Waals surface area contributed by atoms with Gasteiger partial charge in [0.25, 0.3) is 5.91 Å². The van der Waals surface area contributed by atoms with E-state index < -0.39 is 0 Å². The quantitative estimate of drug-likeness (QED) is 0.785. The Kier molecular flexibility index (Phi) is 5.50. The molecule has 2 N–H and O–H groups in total. The zero-order valence-corrected chi connectivity index (χ0v) is 13.3. The van der Waals surface area contributed by atoms with E-state index in [9.17, 15) is 9.59 Å². The molecule has 0 aromatic carbocycles. The van der Waals surface area contributed by atoms with E-state index in [1.54, 1.807) is 19.2 Å². The molecule has 6 heteroatoms.